The summed E-state index contributed by atoms with van der Waals surface area (Å²) in [5, 5.41) is 5.67. The summed E-state index contributed by atoms with van der Waals surface area (Å²) in [5.74, 6) is 1.22. The lowest BCUT2D eigenvalue weighted by Crippen LogP contribution is -2.17. The predicted molar refractivity (Wildman–Crippen MR) is 184 cm³/mol. The van der Waals surface area contributed by atoms with Crippen molar-refractivity contribution in [2.24, 2.45) is 0 Å². The molecule has 6 heteroatoms. The number of unbranched alkanes of at least 4 members (excludes halogenated alkanes) is 6. The molecule has 0 heterocycles. The molecule has 2 N–H and O–H groups in total. The van der Waals surface area contributed by atoms with Crippen LogP contribution in [0.3, 0.4) is 0 Å². The Balaban J connectivity index is 1.24. The van der Waals surface area contributed by atoms with Crippen LogP contribution in [0.15, 0.2) is 97.1 Å². The Morgan fingerprint density at radius 1 is 0.511 bits per heavy atom. The average molecular weight is 607 g/mol. The highest BCUT2D eigenvalue weighted by Gasteiger charge is 2.11. The fourth-order valence-corrected chi connectivity index (χ4v) is 5.24. The molecule has 0 aromatic heterocycles. The molecular formula is C39H46N2O4. The van der Waals surface area contributed by atoms with Crippen molar-refractivity contribution in [1.82, 2.24) is 0 Å². The molecule has 0 aliphatic rings. The van der Waals surface area contributed by atoms with Crippen molar-refractivity contribution in [3.63, 3.8) is 0 Å². The number of rotatable bonds is 16. The zero-order valence-corrected chi connectivity index (χ0v) is 26.6. The molecule has 0 fully saturated rings. The molecule has 0 saturated carbocycles. The highest BCUT2D eigenvalue weighted by atomic mass is 16.6. The second-order valence-corrected chi connectivity index (χ2v) is 11.4. The van der Waals surface area contributed by atoms with Gasteiger partial charge in [-0.05, 0) is 90.8 Å². The van der Waals surface area contributed by atoms with Crippen molar-refractivity contribution in [2.45, 2.75) is 84.5 Å². The highest BCUT2D eigenvalue weighted by Crippen LogP contribution is 2.23. The van der Waals surface area contributed by atoms with Crippen LogP contribution in [-0.2, 0) is 19.3 Å². The lowest BCUT2D eigenvalue weighted by molar-refractivity contribution is 0.213. The molecule has 0 saturated heterocycles. The van der Waals surface area contributed by atoms with E-state index < -0.39 is 12.2 Å². The molecule has 0 unspecified atom stereocenters. The maximum absolute atomic E-state index is 12.6. The van der Waals surface area contributed by atoms with E-state index in [2.05, 4.69) is 24.5 Å². The van der Waals surface area contributed by atoms with Crippen LogP contribution in [-0.4, -0.2) is 12.2 Å². The highest BCUT2D eigenvalue weighted by molar-refractivity contribution is 5.87. The number of anilines is 2. The molecule has 0 radical (unpaired) electrons. The number of ether oxygens (including phenoxy) is 2. The quantitative estimate of drug-likeness (QED) is 0.124. The van der Waals surface area contributed by atoms with Gasteiger partial charge in [0.1, 0.15) is 11.5 Å². The van der Waals surface area contributed by atoms with E-state index in [0.29, 0.717) is 29.3 Å². The molecule has 0 spiro atoms. The van der Waals surface area contributed by atoms with Crippen molar-refractivity contribution >= 4 is 23.6 Å². The van der Waals surface area contributed by atoms with Crippen LogP contribution < -0.4 is 20.1 Å². The summed E-state index contributed by atoms with van der Waals surface area (Å²) in [6, 6.07) is 30.9. The first kappa shape index (κ1) is 33.3. The van der Waals surface area contributed by atoms with Gasteiger partial charge in [0.05, 0.1) is 0 Å². The Kier molecular flexibility index (Phi) is 13.5. The molecule has 4 aromatic carbocycles. The van der Waals surface area contributed by atoms with E-state index in [1.165, 1.54) is 38.5 Å². The van der Waals surface area contributed by atoms with Crippen molar-refractivity contribution in [1.29, 1.82) is 0 Å². The fourth-order valence-electron chi connectivity index (χ4n) is 5.24. The van der Waals surface area contributed by atoms with Crippen molar-refractivity contribution < 1.29 is 19.1 Å². The normalized spacial score (nSPS) is 10.7. The van der Waals surface area contributed by atoms with Crippen LogP contribution >= 0.6 is 0 Å². The molecule has 0 atom stereocenters. The van der Waals surface area contributed by atoms with Crippen molar-refractivity contribution in [3.05, 3.63) is 119 Å². The molecule has 45 heavy (non-hydrogen) atoms. The van der Waals surface area contributed by atoms with Gasteiger partial charge < -0.3 is 9.47 Å². The number of carbonyl (C=O) groups is 2. The van der Waals surface area contributed by atoms with Gasteiger partial charge in [-0.15, -0.1) is 0 Å². The van der Waals surface area contributed by atoms with Crippen LogP contribution in [0, 0.1) is 0 Å². The maximum Gasteiger partial charge on any atom is 0.417 e. The maximum atomic E-state index is 12.6. The number of aryl methyl sites for hydroxylation is 2. The Labute approximate surface area is 268 Å². The number of amides is 2. The van der Waals surface area contributed by atoms with Gasteiger partial charge in [-0.2, -0.15) is 0 Å². The van der Waals surface area contributed by atoms with Gasteiger partial charge in [0.15, 0.2) is 0 Å². The summed E-state index contributed by atoms with van der Waals surface area (Å²) in [6.07, 6.45) is 10.8. The van der Waals surface area contributed by atoms with Gasteiger partial charge in [0.2, 0.25) is 0 Å². The Morgan fingerprint density at radius 3 is 1.31 bits per heavy atom. The number of benzene rings is 4. The minimum Gasteiger partial charge on any atom is -0.410 e. The lowest BCUT2D eigenvalue weighted by Gasteiger charge is -2.12. The lowest BCUT2D eigenvalue weighted by atomic mass is 10.0. The van der Waals surface area contributed by atoms with Crippen LogP contribution in [0.25, 0.3) is 0 Å². The average Bonchev–Trinajstić information content (AvgIpc) is 3.05. The summed E-state index contributed by atoms with van der Waals surface area (Å²) in [6.45, 7) is 4.39. The largest absolute Gasteiger partial charge is 0.417 e. The number of carbonyl (C=O) groups excluding carboxylic acids is 2. The van der Waals surface area contributed by atoms with Gasteiger partial charge in [-0.25, -0.2) is 9.59 Å². The summed E-state index contributed by atoms with van der Waals surface area (Å²) in [7, 11) is 0. The molecule has 0 aliphatic carbocycles. The Hall–Kier alpha value is -4.58. The molecule has 6 nitrogen and oxygen atoms in total. The van der Waals surface area contributed by atoms with E-state index in [1.54, 1.807) is 0 Å². The van der Waals surface area contributed by atoms with E-state index in [4.69, 9.17) is 9.47 Å². The van der Waals surface area contributed by atoms with Crippen LogP contribution in [0.5, 0.6) is 11.5 Å². The minimum absolute atomic E-state index is 0.499. The van der Waals surface area contributed by atoms with E-state index >= 15 is 0 Å². The number of nitrogens with one attached hydrogen (secondary N) is 2. The summed E-state index contributed by atoms with van der Waals surface area (Å²) < 4.78 is 11.3. The second-order valence-electron chi connectivity index (χ2n) is 11.4. The standard InChI is InChI=1S/C39H46N2O4/c1-3-5-7-9-15-32-17-11-13-19-36(32)44-38(42)40-34-25-21-30(22-26-34)29-31-23-27-35(28-24-31)41-39(43)45-37-20-14-12-18-33(37)16-10-8-6-4-2/h11-14,17-28H,3-10,15-16,29H2,1-2H3,(H,40,42)(H,41,43). The van der Waals surface area contributed by atoms with Crippen molar-refractivity contribution in [2.75, 3.05) is 10.6 Å². The second kappa shape index (κ2) is 18.3. The van der Waals surface area contributed by atoms with Crippen LogP contribution in [0.4, 0.5) is 21.0 Å². The van der Waals surface area contributed by atoms with Crippen molar-refractivity contribution in [3.8, 4) is 11.5 Å². The zero-order valence-electron chi connectivity index (χ0n) is 26.6. The van der Waals surface area contributed by atoms with Gasteiger partial charge in [-0.3, -0.25) is 10.6 Å². The summed E-state index contributed by atoms with van der Waals surface area (Å²) in [4.78, 5) is 25.2. The zero-order chi connectivity index (χ0) is 31.7. The molecule has 236 valence electrons. The van der Waals surface area contributed by atoms with E-state index in [9.17, 15) is 9.59 Å². The summed E-state index contributed by atoms with van der Waals surface area (Å²) in [5.41, 5.74) is 5.64. The van der Waals surface area contributed by atoms with Gasteiger partial charge in [0.25, 0.3) is 0 Å². The van der Waals surface area contributed by atoms with E-state index in [1.807, 2.05) is 97.1 Å². The third-order valence-electron chi connectivity index (χ3n) is 7.76. The first-order chi connectivity index (χ1) is 22.0. The summed E-state index contributed by atoms with van der Waals surface area (Å²) >= 11 is 0. The molecule has 4 rings (SSSR count). The topological polar surface area (TPSA) is 76.7 Å². The van der Waals surface area contributed by atoms with E-state index in [0.717, 1.165) is 47.9 Å². The number of para-hydroxylation sites is 2. The van der Waals surface area contributed by atoms with Gasteiger partial charge in [-0.1, -0.05) is 113 Å². The number of hydrogen-bond donors (Lipinski definition) is 2. The number of hydrogen-bond acceptors (Lipinski definition) is 4. The van der Waals surface area contributed by atoms with Gasteiger partial charge >= 0.3 is 12.2 Å². The Bertz CT molecular complexity index is 1370. The molecule has 2 amide bonds. The van der Waals surface area contributed by atoms with Gasteiger partial charge in [0, 0.05) is 11.4 Å². The third-order valence-corrected chi connectivity index (χ3v) is 7.76. The van der Waals surface area contributed by atoms with E-state index in [-0.39, 0.29) is 0 Å². The fraction of sp³-hybridized carbons (Fsp3) is 0.333. The first-order valence-electron chi connectivity index (χ1n) is 16.4. The first-order valence-corrected chi connectivity index (χ1v) is 16.4. The molecular weight excluding hydrogens is 560 g/mol. The SMILES string of the molecule is CCCCCCc1ccccc1OC(=O)Nc1ccc(Cc2ccc(NC(=O)Oc3ccccc3CCCCCC)cc2)cc1. The monoisotopic (exact) mass is 606 g/mol. The molecule has 4 aromatic rings. The predicted octanol–water partition coefficient (Wildman–Crippen LogP) is 10.7. The Morgan fingerprint density at radius 2 is 0.911 bits per heavy atom. The van der Waals surface area contributed by atoms with Crippen LogP contribution in [0.2, 0.25) is 0 Å². The minimum atomic E-state index is -0.499. The smallest absolute Gasteiger partial charge is 0.410 e. The third kappa shape index (κ3) is 11.5. The molecule has 0 aliphatic heterocycles. The van der Waals surface area contributed by atoms with Crippen LogP contribution in [0.1, 0.15) is 87.5 Å². The molecule has 0 bridgehead atoms.